The van der Waals surface area contributed by atoms with Crippen LogP contribution < -0.4 is 30.9 Å². The lowest BCUT2D eigenvalue weighted by Gasteiger charge is -2.23. The molecule has 0 bridgehead atoms. The fourth-order valence-corrected chi connectivity index (χ4v) is 5.63. The van der Waals surface area contributed by atoms with E-state index in [4.69, 9.17) is 32.9 Å². The standard InChI is InChI=1S/C34H34Cl2N6O3/c1-21-6-4-7-25-30(21)41-32-26(8-5-9-27(32)33(43)37-2)31(25)38-23-12-15-29(45-3)28(20-23)40-34(44)39-22-10-13-24(14-11-22)42(18-16-35)19-17-36/h4-15,20H,16-19H2,1-3H3,(H,37,43)(H,38,41)(H2,39,40,44). The van der Waals surface area contributed by atoms with Gasteiger partial charge in [0.2, 0.25) is 0 Å². The van der Waals surface area contributed by atoms with E-state index in [1.54, 1.807) is 32.4 Å². The SMILES string of the molecule is CNC(=O)c1cccc2c(Nc3ccc(OC)c(NC(=O)Nc4ccc(N(CCCl)CCCl)cc4)c3)c3cccc(C)c3nc12. The number of halogens is 2. The Hall–Kier alpha value is -4.73. The number of aromatic nitrogens is 1. The topological polar surface area (TPSA) is 108 Å². The Balaban J connectivity index is 1.44. The van der Waals surface area contributed by atoms with Crippen molar-refractivity contribution in [2.45, 2.75) is 6.92 Å². The number of carbonyl (C=O) groups is 2. The summed E-state index contributed by atoms with van der Waals surface area (Å²) in [7, 11) is 3.15. The molecule has 0 aliphatic heterocycles. The number of nitrogens with zero attached hydrogens (tertiary/aromatic N) is 2. The van der Waals surface area contributed by atoms with Crippen molar-refractivity contribution in [3.8, 4) is 5.75 Å². The van der Waals surface area contributed by atoms with Gasteiger partial charge in [-0.15, -0.1) is 23.2 Å². The number of methoxy groups -OCH3 is 1. The summed E-state index contributed by atoms with van der Waals surface area (Å²) in [5.41, 5.74) is 6.40. The fourth-order valence-electron chi connectivity index (χ4n) is 5.23. The van der Waals surface area contributed by atoms with Crippen LogP contribution in [-0.2, 0) is 0 Å². The number of benzene rings is 4. The number of aryl methyl sites for hydroxylation is 1. The summed E-state index contributed by atoms with van der Waals surface area (Å²) in [4.78, 5) is 32.8. The average molecular weight is 646 g/mol. The highest BCUT2D eigenvalue weighted by Crippen LogP contribution is 2.37. The Morgan fingerprint density at radius 1 is 0.844 bits per heavy atom. The van der Waals surface area contributed by atoms with Crippen LogP contribution in [0.15, 0.2) is 78.9 Å². The van der Waals surface area contributed by atoms with Crippen LogP contribution in [0.2, 0.25) is 0 Å². The molecule has 0 aliphatic carbocycles. The van der Waals surface area contributed by atoms with Crippen LogP contribution in [0.1, 0.15) is 15.9 Å². The second-order valence-electron chi connectivity index (χ2n) is 10.3. The molecule has 45 heavy (non-hydrogen) atoms. The molecular formula is C34H34Cl2N6O3. The molecule has 9 nitrogen and oxygen atoms in total. The van der Waals surface area contributed by atoms with E-state index in [9.17, 15) is 9.59 Å². The molecule has 0 radical (unpaired) electrons. The number of pyridine rings is 1. The molecule has 0 fully saturated rings. The van der Waals surface area contributed by atoms with Gasteiger partial charge in [0.25, 0.3) is 5.91 Å². The monoisotopic (exact) mass is 644 g/mol. The smallest absolute Gasteiger partial charge is 0.323 e. The fraction of sp³-hybridized carbons (Fsp3) is 0.206. The maximum atomic E-state index is 13.1. The average Bonchev–Trinajstić information content (AvgIpc) is 3.05. The largest absolute Gasteiger partial charge is 0.495 e. The third-order valence-corrected chi connectivity index (χ3v) is 7.76. The van der Waals surface area contributed by atoms with E-state index < -0.39 is 6.03 Å². The summed E-state index contributed by atoms with van der Waals surface area (Å²) in [6.45, 7) is 3.34. The number of anilines is 5. The molecule has 11 heteroatoms. The third kappa shape index (κ3) is 7.00. The van der Waals surface area contributed by atoms with E-state index in [2.05, 4.69) is 26.2 Å². The number of fused-ring (bicyclic) bond motifs is 2. The van der Waals surface area contributed by atoms with Gasteiger partial charge in [-0.25, -0.2) is 9.78 Å². The highest BCUT2D eigenvalue weighted by Gasteiger charge is 2.17. The number of urea groups is 1. The Labute approximate surface area is 271 Å². The summed E-state index contributed by atoms with van der Waals surface area (Å²) in [5.74, 6) is 1.25. The molecule has 1 aromatic heterocycles. The first-order chi connectivity index (χ1) is 21.9. The molecule has 0 saturated heterocycles. The lowest BCUT2D eigenvalue weighted by atomic mass is 10.0. The molecule has 3 amide bonds. The van der Waals surface area contributed by atoms with E-state index in [1.165, 1.54) is 0 Å². The summed E-state index contributed by atoms with van der Waals surface area (Å²) in [6.07, 6.45) is 0. The highest BCUT2D eigenvalue weighted by molar-refractivity contribution is 6.19. The van der Waals surface area contributed by atoms with E-state index in [0.717, 1.165) is 33.2 Å². The van der Waals surface area contributed by atoms with Gasteiger partial charge in [0.05, 0.1) is 35.1 Å². The van der Waals surface area contributed by atoms with Crippen molar-refractivity contribution in [2.75, 3.05) is 59.9 Å². The zero-order chi connectivity index (χ0) is 31.9. The molecule has 4 N–H and O–H groups in total. The number of hydrogen-bond donors (Lipinski definition) is 4. The number of rotatable bonds is 11. The molecule has 0 spiro atoms. The summed E-state index contributed by atoms with van der Waals surface area (Å²) in [6, 6.07) is 24.0. The second kappa shape index (κ2) is 14.4. The van der Waals surface area contributed by atoms with Gasteiger partial charge >= 0.3 is 6.03 Å². The van der Waals surface area contributed by atoms with Crippen molar-refractivity contribution in [1.29, 1.82) is 0 Å². The van der Waals surface area contributed by atoms with Gasteiger partial charge in [-0.05, 0) is 61.0 Å². The Morgan fingerprint density at radius 3 is 2.18 bits per heavy atom. The zero-order valence-electron chi connectivity index (χ0n) is 25.2. The molecular weight excluding hydrogens is 611 g/mol. The predicted molar refractivity (Wildman–Crippen MR) is 186 cm³/mol. The Kier molecular flexibility index (Phi) is 10.1. The molecule has 0 atom stereocenters. The van der Waals surface area contributed by atoms with Gasteiger partial charge in [-0.2, -0.15) is 0 Å². The van der Waals surface area contributed by atoms with Crippen LogP contribution in [0, 0.1) is 6.92 Å². The van der Waals surface area contributed by atoms with Crippen LogP contribution in [0.5, 0.6) is 5.75 Å². The number of carbonyl (C=O) groups excluding carboxylic acids is 2. The minimum absolute atomic E-state index is 0.216. The number of hydrogen-bond acceptors (Lipinski definition) is 6. The van der Waals surface area contributed by atoms with Crippen LogP contribution in [0.3, 0.4) is 0 Å². The lowest BCUT2D eigenvalue weighted by molar-refractivity contribution is 0.0964. The minimum atomic E-state index is -0.428. The summed E-state index contributed by atoms with van der Waals surface area (Å²) in [5, 5.41) is 13.7. The number of para-hydroxylation sites is 2. The quantitative estimate of drug-likeness (QED) is 0.0865. The van der Waals surface area contributed by atoms with Crippen molar-refractivity contribution in [1.82, 2.24) is 10.3 Å². The van der Waals surface area contributed by atoms with Gasteiger partial charge in [-0.1, -0.05) is 30.3 Å². The first kappa shape index (κ1) is 31.7. The molecule has 0 saturated carbocycles. The lowest BCUT2D eigenvalue weighted by Crippen LogP contribution is -2.27. The normalized spacial score (nSPS) is 10.9. The van der Waals surface area contributed by atoms with Gasteiger partial charge in [-0.3, -0.25) is 4.79 Å². The minimum Gasteiger partial charge on any atom is -0.495 e. The van der Waals surface area contributed by atoms with Gasteiger partial charge in [0, 0.05) is 59.7 Å². The van der Waals surface area contributed by atoms with Crippen molar-refractivity contribution in [3.05, 3.63) is 90.0 Å². The maximum Gasteiger partial charge on any atom is 0.323 e. The zero-order valence-corrected chi connectivity index (χ0v) is 26.7. The van der Waals surface area contributed by atoms with Crippen LogP contribution in [0.4, 0.5) is 33.2 Å². The number of amides is 3. The van der Waals surface area contributed by atoms with Crippen molar-refractivity contribution in [3.63, 3.8) is 0 Å². The molecule has 0 unspecified atom stereocenters. The van der Waals surface area contributed by atoms with Gasteiger partial charge in [0.15, 0.2) is 0 Å². The first-order valence-electron chi connectivity index (χ1n) is 14.4. The third-order valence-electron chi connectivity index (χ3n) is 7.42. The van der Waals surface area contributed by atoms with Crippen LogP contribution >= 0.6 is 23.2 Å². The molecule has 5 aromatic rings. The first-order valence-corrected chi connectivity index (χ1v) is 15.5. The number of nitrogens with one attached hydrogen (secondary N) is 4. The predicted octanol–water partition coefficient (Wildman–Crippen LogP) is 7.74. The van der Waals surface area contributed by atoms with E-state index >= 15 is 0 Å². The molecule has 5 rings (SSSR count). The van der Waals surface area contributed by atoms with Crippen molar-refractivity contribution < 1.29 is 14.3 Å². The summed E-state index contributed by atoms with van der Waals surface area (Å²) < 4.78 is 5.55. The van der Waals surface area contributed by atoms with E-state index in [1.807, 2.05) is 67.6 Å². The van der Waals surface area contributed by atoms with Gasteiger partial charge in [0.1, 0.15) is 5.75 Å². The maximum absolute atomic E-state index is 13.1. The molecule has 232 valence electrons. The molecule has 1 heterocycles. The van der Waals surface area contributed by atoms with Crippen LogP contribution in [0.25, 0.3) is 21.8 Å². The molecule has 4 aromatic carbocycles. The number of ether oxygens (including phenoxy) is 1. The van der Waals surface area contributed by atoms with Crippen molar-refractivity contribution in [2.24, 2.45) is 0 Å². The van der Waals surface area contributed by atoms with Crippen molar-refractivity contribution >= 4 is 85.4 Å². The van der Waals surface area contributed by atoms with E-state index in [-0.39, 0.29) is 5.91 Å². The molecule has 0 aliphatic rings. The van der Waals surface area contributed by atoms with Crippen LogP contribution in [-0.4, -0.2) is 55.9 Å². The Bertz CT molecular complexity index is 1840. The Morgan fingerprint density at radius 2 is 1.51 bits per heavy atom. The second-order valence-corrected chi connectivity index (χ2v) is 11.0. The summed E-state index contributed by atoms with van der Waals surface area (Å²) >= 11 is 11.9. The van der Waals surface area contributed by atoms with Gasteiger partial charge < -0.3 is 30.9 Å². The number of alkyl halides is 2. The van der Waals surface area contributed by atoms with E-state index in [0.29, 0.717) is 58.7 Å². The highest BCUT2D eigenvalue weighted by atomic mass is 35.5.